The van der Waals surface area contributed by atoms with Crippen LogP contribution in [0.25, 0.3) is 0 Å². The molecule has 0 aliphatic carbocycles. The number of likely N-dealkylation sites (N-methyl/N-ethyl adjacent to an activating group) is 1. The zero-order valence-electron chi connectivity index (χ0n) is 11.5. The number of hydrogen-bond acceptors (Lipinski definition) is 5. The van der Waals surface area contributed by atoms with Gasteiger partial charge in [-0.15, -0.1) is 0 Å². The first kappa shape index (κ1) is 15.7. The van der Waals surface area contributed by atoms with Crippen molar-refractivity contribution in [2.24, 2.45) is 0 Å². The van der Waals surface area contributed by atoms with E-state index in [0.29, 0.717) is 13.2 Å². The van der Waals surface area contributed by atoms with Gasteiger partial charge in [-0.25, -0.2) is 0 Å². The molecule has 1 aromatic carbocycles. The lowest BCUT2D eigenvalue weighted by molar-refractivity contribution is -0.384. The first-order valence-electron chi connectivity index (χ1n) is 6.49. The Balaban J connectivity index is 1.94. The molecule has 0 bridgehead atoms. The molecule has 21 heavy (non-hydrogen) atoms. The molecule has 1 heterocycles. The van der Waals surface area contributed by atoms with E-state index in [1.807, 2.05) is 7.05 Å². The van der Waals surface area contributed by atoms with E-state index in [-0.39, 0.29) is 28.3 Å². The average Bonchev–Trinajstić information content (AvgIpc) is 2.44. The zero-order valence-corrected chi connectivity index (χ0v) is 12.3. The number of rotatable bonds is 4. The topological polar surface area (TPSA) is 84.7 Å². The second-order valence-electron chi connectivity index (χ2n) is 4.89. The summed E-state index contributed by atoms with van der Waals surface area (Å²) in [6.45, 7) is 2.65. The van der Waals surface area contributed by atoms with Crippen molar-refractivity contribution in [3.8, 4) is 0 Å². The van der Waals surface area contributed by atoms with E-state index in [9.17, 15) is 14.9 Å². The molecule has 1 atom stereocenters. The molecule has 1 amide bonds. The number of benzene rings is 1. The lowest BCUT2D eigenvalue weighted by Gasteiger charge is -2.30. The first-order chi connectivity index (χ1) is 9.97. The van der Waals surface area contributed by atoms with Gasteiger partial charge >= 0.3 is 0 Å². The molecular formula is C13H16ClN3O4. The Morgan fingerprint density at radius 1 is 1.62 bits per heavy atom. The predicted molar refractivity (Wildman–Crippen MR) is 77.7 cm³/mol. The SMILES string of the molecule is CN1CCOC(CNC(=O)c2ccc([N+](=O)[O-])c(Cl)c2)C1. The molecule has 1 fully saturated rings. The second-order valence-corrected chi connectivity index (χ2v) is 5.30. The first-order valence-corrected chi connectivity index (χ1v) is 6.87. The molecule has 0 saturated carbocycles. The monoisotopic (exact) mass is 313 g/mol. The van der Waals surface area contributed by atoms with Crippen LogP contribution in [0, 0.1) is 10.1 Å². The van der Waals surface area contributed by atoms with Crippen molar-refractivity contribution in [3.63, 3.8) is 0 Å². The fourth-order valence-corrected chi connectivity index (χ4v) is 2.34. The summed E-state index contributed by atoms with van der Waals surface area (Å²) in [4.78, 5) is 24.2. The van der Waals surface area contributed by atoms with Gasteiger partial charge in [0.15, 0.2) is 0 Å². The lowest BCUT2D eigenvalue weighted by Crippen LogP contribution is -2.45. The van der Waals surface area contributed by atoms with Gasteiger partial charge in [-0.1, -0.05) is 11.6 Å². The Labute approximate surface area is 127 Å². The van der Waals surface area contributed by atoms with Crippen molar-refractivity contribution in [2.75, 3.05) is 33.3 Å². The molecule has 1 aliphatic rings. The molecule has 1 aromatic rings. The molecule has 1 N–H and O–H groups in total. The number of ether oxygens (including phenoxy) is 1. The summed E-state index contributed by atoms with van der Waals surface area (Å²) in [6.07, 6.45) is -0.0544. The van der Waals surface area contributed by atoms with Crippen LogP contribution in [0.5, 0.6) is 0 Å². The highest BCUT2D eigenvalue weighted by molar-refractivity contribution is 6.33. The second kappa shape index (κ2) is 6.84. The normalized spacial score (nSPS) is 19.2. The molecule has 0 spiro atoms. The van der Waals surface area contributed by atoms with E-state index in [2.05, 4.69) is 10.2 Å². The van der Waals surface area contributed by atoms with E-state index < -0.39 is 4.92 Å². The van der Waals surface area contributed by atoms with E-state index in [4.69, 9.17) is 16.3 Å². The van der Waals surface area contributed by atoms with Crippen LogP contribution >= 0.6 is 11.6 Å². The van der Waals surface area contributed by atoms with Gasteiger partial charge in [0.2, 0.25) is 0 Å². The third-order valence-corrected chi connectivity index (χ3v) is 3.54. The summed E-state index contributed by atoms with van der Waals surface area (Å²) in [5, 5.41) is 13.4. The Morgan fingerprint density at radius 3 is 3.00 bits per heavy atom. The molecule has 7 nitrogen and oxygen atoms in total. The maximum absolute atomic E-state index is 12.0. The molecule has 0 radical (unpaired) electrons. The van der Waals surface area contributed by atoms with Crippen molar-refractivity contribution in [2.45, 2.75) is 6.10 Å². The fourth-order valence-electron chi connectivity index (χ4n) is 2.10. The quantitative estimate of drug-likeness (QED) is 0.669. The molecule has 114 valence electrons. The number of nitrogens with one attached hydrogen (secondary N) is 1. The van der Waals surface area contributed by atoms with Gasteiger partial charge in [0, 0.05) is 31.3 Å². The molecule has 8 heteroatoms. The molecule has 2 rings (SSSR count). The van der Waals surface area contributed by atoms with Crippen molar-refractivity contribution < 1.29 is 14.5 Å². The average molecular weight is 314 g/mol. The van der Waals surface area contributed by atoms with Crippen LogP contribution in [0.4, 0.5) is 5.69 Å². The van der Waals surface area contributed by atoms with Crippen LogP contribution in [-0.2, 0) is 4.74 Å². The number of carbonyl (C=O) groups is 1. The molecule has 0 aromatic heterocycles. The van der Waals surface area contributed by atoms with E-state index in [0.717, 1.165) is 13.1 Å². The van der Waals surface area contributed by atoms with Crippen LogP contribution < -0.4 is 5.32 Å². The summed E-state index contributed by atoms with van der Waals surface area (Å²) in [7, 11) is 1.99. The molecule has 1 aliphatic heterocycles. The number of hydrogen-bond donors (Lipinski definition) is 1. The zero-order chi connectivity index (χ0) is 15.4. The maximum Gasteiger partial charge on any atom is 0.287 e. The highest BCUT2D eigenvalue weighted by Gasteiger charge is 2.19. The van der Waals surface area contributed by atoms with Crippen LogP contribution in [-0.4, -0.2) is 55.1 Å². The number of nitrogens with zero attached hydrogens (tertiary/aromatic N) is 2. The number of carbonyl (C=O) groups excluding carboxylic acids is 1. The Hall–Kier alpha value is -1.70. The van der Waals surface area contributed by atoms with Crippen molar-refractivity contribution in [1.82, 2.24) is 10.2 Å². The third kappa shape index (κ3) is 4.13. The predicted octanol–water partition coefficient (Wildman–Crippen LogP) is 1.31. The van der Waals surface area contributed by atoms with Gasteiger partial charge in [0.1, 0.15) is 5.02 Å². The van der Waals surface area contributed by atoms with Crippen LogP contribution in [0.15, 0.2) is 18.2 Å². The molecule has 1 unspecified atom stereocenters. The van der Waals surface area contributed by atoms with E-state index in [1.54, 1.807) is 0 Å². The van der Waals surface area contributed by atoms with Gasteiger partial charge in [-0.3, -0.25) is 14.9 Å². The number of nitro groups is 1. The van der Waals surface area contributed by atoms with Crippen molar-refractivity contribution in [3.05, 3.63) is 38.9 Å². The Kier molecular flexibility index (Phi) is 5.11. The number of morpholine rings is 1. The summed E-state index contributed by atoms with van der Waals surface area (Å²) >= 11 is 5.78. The summed E-state index contributed by atoms with van der Waals surface area (Å²) in [5.41, 5.74) is 0.0696. The number of amides is 1. The van der Waals surface area contributed by atoms with Gasteiger partial charge in [-0.2, -0.15) is 0 Å². The van der Waals surface area contributed by atoms with Gasteiger partial charge in [0.25, 0.3) is 11.6 Å². The standard InChI is InChI=1S/C13H16ClN3O4/c1-16-4-5-21-10(8-16)7-15-13(18)9-2-3-12(17(19)20)11(14)6-9/h2-3,6,10H,4-5,7-8H2,1H3,(H,15,18). The van der Waals surface area contributed by atoms with Gasteiger partial charge < -0.3 is 15.0 Å². The Morgan fingerprint density at radius 2 is 2.38 bits per heavy atom. The minimum atomic E-state index is -0.588. The van der Waals surface area contributed by atoms with Crippen molar-refractivity contribution >= 4 is 23.2 Å². The van der Waals surface area contributed by atoms with E-state index >= 15 is 0 Å². The molecular weight excluding hydrogens is 298 g/mol. The number of nitro benzene ring substituents is 1. The third-order valence-electron chi connectivity index (χ3n) is 3.24. The van der Waals surface area contributed by atoms with Crippen LogP contribution in [0.3, 0.4) is 0 Å². The highest BCUT2D eigenvalue weighted by atomic mass is 35.5. The molecule has 1 saturated heterocycles. The van der Waals surface area contributed by atoms with Crippen LogP contribution in [0.1, 0.15) is 10.4 Å². The summed E-state index contributed by atoms with van der Waals surface area (Å²) in [6, 6.07) is 3.90. The number of halogens is 1. The van der Waals surface area contributed by atoms with Gasteiger partial charge in [0.05, 0.1) is 17.6 Å². The summed E-state index contributed by atoms with van der Waals surface area (Å²) < 4.78 is 5.54. The minimum absolute atomic E-state index is 0.0544. The van der Waals surface area contributed by atoms with Crippen molar-refractivity contribution in [1.29, 1.82) is 0 Å². The fraction of sp³-hybridized carbons (Fsp3) is 0.462. The maximum atomic E-state index is 12.0. The Bertz CT molecular complexity index is 552. The largest absolute Gasteiger partial charge is 0.374 e. The smallest absolute Gasteiger partial charge is 0.287 e. The minimum Gasteiger partial charge on any atom is -0.374 e. The van der Waals surface area contributed by atoms with E-state index in [1.165, 1.54) is 18.2 Å². The lowest BCUT2D eigenvalue weighted by atomic mass is 10.2. The van der Waals surface area contributed by atoms with Gasteiger partial charge in [-0.05, 0) is 19.2 Å². The summed E-state index contributed by atoms with van der Waals surface area (Å²) in [5.74, 6) is -0.330. The van der Waals surface area contributed by atoms with Crippen LogP contribution in [0.2, 0.25) is 5.02 Å². The highest BCUT2D eigenvalue weighted by Crippen LogP contribution is 2.24.